The summed E-state index contributed by atoms with van der Waals surface area (Å²) in [5.74, 6) is -0.456. The Morgan fingerprint density at radius 1 is 1.28 bits per heavy atom. The molecule has 1 heterocycles. The molecular formula is C14H20N2O2. The molecule has 2 atom stereocenters. The summed E-state index contributed by atoms with van der Waals surface area (Å²) in [6, 6.07) is 0. The quantitative estimate of drug-likeness (QED) is 0.749. The normalized spacial score (nSPS) is 26.7. The summed E-state index contributed by atoms with van der Waals surface area (Å²) in [5.41, 5.74) is 7.50. The summed E-state index contributed by atoms with van der Waals surface area (Å²) < 4.78 is 0. The molecule has 0 saturated carbocycles. The van der Waals surface area contributed by atoms with Gasteiger partial charge in [0.15, 0.2) is 0 Å². The molecule has 1 aliphatic heterocycles. The van der Waals surface area contributed by atoms with Crippen molar-refractivity contribution in [1.29, 1.82) is 0 Å². The number of nitrogens with one attached hydrogen (secondary N) is 2. The number of amides is 2. The standard InChI is InChI=1S/C14H20N2O2/c1-9(2)4-3-5-10-6-7-11-12(8-10)14(18)16-15-13(11)17/h4,6,11-12H,3,5,7-8H2,1-2H3,(H,15,17)(H,16,18)/t11-,12+/m1/s1. The molecule has 4 nitrogen and oxygen atoms in total. The predicted octanol–water partition coefficient (Wildman–Crippen LogP) is 1.85. The van der Waals surface area contributed by atoms with Crippen LogP contribution in [-0.2, 0) is 9.59 Å². The van der Waals surface area contributed by atoms with Gasteiger partial charge in [0.05, 0.1) is 11.8 Å². The topological polar surface area (TPSA) is 58.2 Å². The van der Waals surface area contributed by atoms with E-state index in [1.807, 2.05) is 0 Å². The Balaban J connectivity index is 1.98. The Morgan fingerprint density at radius 2 is 1.94 bits per heavy atom. The van der Waals surface area contributed by atoms with Gasteiger partial charge in [0.1, 0.15) is 0 Å². The molecule has 1 fully saturated rings. The molecule has 0 bridgehead atoms. The van der Waals surface area contributed by atoms with Crippen molar-refractivity contribution >= 4 is 11.8 Å². The Morgan fingerprint density at radius 3 is 2.61 bits per heavy atom. The van der Waals surface area contributed by atoms with E-state index < -0.39 is 0 Å². The van der Waals surface area contributed by atoms with E-state index in [1.165, 1.54) is 11.1 Å². The van der Waals surface area contributed by atoms with E-state index in [9.17, 15) is 9.59 Å². The summed E-state index contributed by atoms with van der Waals surface area (Å²) in [7, 11) is 0. The molecule has 0 aromatic carbocycles. The van der Waals surface area contributed by atoms with Gasteiger partial charge >= 0.3 is 0 Å². The van der Waals surface area contributed by atoms with Gasteiger partial charge in [-0.1, -0.05) is 23.3 Å². The fraction of sp³-hybridized carbons (Fsp3) is 0.571. The minimum Gasteiger partial charge on any atom is -0.273 e. The van der Waals surface area contributed by atoms with Gasteiger partial charge in [-0.05, 0) is 39.5 Å². The van der Waals surface area contributed by atoms with Crippen LogP contribution in [0, 0.1) is 11.8 Å². The maximum atomic E-state index is 11.7. The molecule has 4 heteroatoms. The molecular weight excluding hydrogens is 228 g/mol. The van der Waals surface area contributed by atoms with Gasteiger partial charge in [-0.15, -0.1) is 0 Å². The third kappa shape index (κ3) is 2.81. The maximum Gasteiger partial charge on any atom is 0.242 e. The molecule has 98 valence electrons. The van der Waals surface area contributed by atoms with Crippen molar-refractivity contribution in [3.8, 4) is 0 Å². The van der Waals surface area contributed by atoms with E-state index in [2.05, 4.69) is 36.9 Å². The van der Waals surface area contributed by atoms with Gasteiger partial charge < -0.3 is 0 Å². The van der Waals surface area contributed by atoms with E-state index in [1.54, 1.807) is 0 Å². The van der Waals surface area contributed by atoms with Gasteiger partial charge in [0, 0.05) is 0 Å². The van der Waals surface area contributed by atoms with Crippen molar-refractivity contribution in [1.82, 2.24) is 10.9 Å². The van der Waals surface area contributed by atoms with Crippen LogP contribution in [-0.4, -0.2) is 11.8 Å². The molecule has 1 saturated heterocycles. The lowest BCUT2D eigenvalue weighted by Crippen LogP contribution is -2.56. The zero-order valence-electron chi connectivity index (χ0n) is 11.0. The highest BCUT2D eigenvalue weighted by molar-refractivity contribution is 5.93. The van der Waals surface area contributed by atoms with Crippen LogP contribution in [0.1, 0.15) is 39.5 Å². The zero-order chi connectivity index (χ0) is 13.1. The van der Waals surface area contributed by atoms with Gasteiger partial charge in [-0.2, -0.15) is 0 Å². The Hall–Kier alpha value is -1.58. The summed E-state index contributed by atoms with van der Waals surface area (Å²) in [4.78, 5) is 23.4. The number of rotatable bonds is 3. The number of hydrogen-bond acceptors (Lipinski definition) is 2. The van der Waals surface area contributed by atoms with E-state index in [0.29, 0.717) is 6.42 Å². The van der Waals surface area contributed by atoms with Gasteiger partial charge in [-0.3, -0.25) is 20.4 Å². The predicted molar refractivity (Wildman–Crippen MR) is 69.2 cm³/mol. The van der Waals surface area contributed by atoms with Crippen molar-refractivity contribution in [2.45, 2.75) is 39.5 Å². The van der Waals surface area contributed by atoms with Crippen molar-refractivity contribution in [2.75, 3.05) is 0 Å². The highest BCUT2D eigenvalue weighted by Crippen LogP contribution is 2.33. The first kappa shape index (κ1) is 12.9. The van der Waals surface area contributed by atoms with Crippen molar-refractivity contribution in [3.05, 3.63) is 23.3 Å². The molecule has 0 unspecified atom stereocenters. The molecule has 0 aromatic rings. The second kappa shape index (κ2) is 5.38. The van der Waals surface area contributed by atoms with E-state index in [-0.39, 0.29) is 23.7 Å². The van der Waals surface area contributed by atoms with Gasteiger partial charge in [0.2, 0.25) is 11.8 Å². The van der Waals surface area contributed by atoms with Crippen LogP contribution >= 0.6 is 0 Å². The molecule has 0 spiro atoms. The largest absolute Gasteiger partial charge is 0.273 e. The SMILES string of the molecule is CC(C)=CCCC1=CC[C@H]2C(=O)NNC(=O)[C@H]2C1. The second-order valence-corrected chi connectivity index (χ2v) is 5.31. The minimum absolute atomic E-state index is 0.0487. The molecule has 1 aliphatic carbocycles. The molecule has 2 rings (SSSR count). The Kier molecular flexibility index (Phi) is 3.84. The van der Waals surface area contributed by atoms with E-state index >= 15 is 0 Å². The first-order chi connectivity index (χ1) is 8.58. The summed E-state index contributed by atoms with van der Waals surface area (Å²) in [5, 5.41) is 0. The Bertz CT molecular complexity index is 420. The maximum absolute atomic E-state index is 11.7. The fourth-order valence-electron chi connectivity index (χ4n) is 2.59. The number of allylic oxidation sites excluding steroid dienone is 4. The first-order valence-electron chi connectivity index (χ1n) is 6.49. The first-order valence-corrected chi connectivity index (χ1v) is 6.49. The van der Waals surface area contributed by atoms with Crippen LogP contribution in [0.5, 0.6) is 0 Å². The Labute approximate surface area is 107 Å². The number of hydrazine groups is 1. The van der Waals surface area contributed by atoms with Crippen molar-refractivity contribution in [3.63, 3.8) is 0 Å². The molecule has 2 aliphatic rings. The number of carbonyl (C=O) groups is 2. The highest BCUT2D eigenvalue weighted by Gasteiger charge is 2.39. The molecule has 2 N–H and O–H groups in total. The van der Waals surface area contributed by atoms with Crippen LogP contribution in [0.3, 0.4) is 0 Å². The third-order valence-corrected chi connectivity index (χ3v) is 3.63. The van der Waals surface area contributed by atoms with Gasteiger partial charge in [-0.25, -0.2) is 0 Å². The number of hydrogen-bond donors (Lipinski definition) is 2. The van der Waals surface area contributed by atoms with Crippen LogP contribution in [0.2, 0.25) is 0 Å². The smallest absolute Gasteiger partial charge is 0.242 e. The second-order valence-electron chi connectivity index (χ2n) is 5.31. The average Bonchev–Trinajstić information content (AvgIpc) is 2.34. The average molecular weight is 248 g/mol. The summed E-state index contributed by atoms with van der Waals surface area (Å²) >= 11 is 0. The summed E-state index contributed by atoms with van der Waals surface area (Å²) in [6.07, 6.45) is 7.76. The van der Waals surface area contributed by atoms with Crippen LogP contribution in [0.15, 0.2) is 23.3 Å². The lowest BCUT2D eigenvalue weighted by molar-refractivity contribution is -0.143. The zero-order valence-corrected chi connectivity index (χ0v) is 11.0. The number of fused-ring (bicyclic) bond motifs is 1. The lowest BCUT2D eigenvalue weighted by Gasteiger charge is -2.33. The monoisotopic (exact) mass is 248 g/mol. The number of carbonyl (C=O) groups excluding carboxylic acids is 2. The molecule has 2 amide bonds. The van der Waals surface area contributed by atoms with E-state index in [4.69, 9.17) is 0 Å². The minimum atomic E-state index is -0.176. The fourth-order valence-corrected chi connectivity index (χ4v) is 2.59. The van der Waals surface area contributed by atoms with Crippen molar-refractivity contribution in [2.24, 2.45) is 11.8 Å². The molecule has 0 radical (unpaired) electrons. The molecule has 18 heavy (non-hydrogen) atoms. The summed E-state index contributed by atoms with van der Waals surface area (Å²) in [6.45, 7) is 4.18. The van der Waals surface area contributed by atoms with Crippen LogP contribution in [0.4, 0.5) is 0 Å². The van der Waals surface area contributed by atoms with Crippen LogP contribution in [0.25, 0.3) is 0 Å². The van der Waals surface area contributed by atoms with E-state index in [0.717, 1.165) is 19.3 Å². The van der Waals surface area contributed by atoms with Gasteiger partial charge in [0.25, 0.3) is 0 Å². The lowest BCUT2D eigenvalue weighted by atomic mass is 9.77. The van der Waals surface area contributed by atoms with Crippen molar-refractivity contribution < 1.29 is 9.59 Å². The third-order valence-electron chi connectivity index (χ3n) is 3.63. The van der Waals surface area contributed by atoms with Crippen LogP contribution < -0.4 is 10.9 Å². The highest BCUT2D eigenvalue weighted by atomic mass is 16.2. The molecule has 0 aromatic heterocycles.